The second kappa shape index (κ2) is 7.21. The van der Waals surface area contributed by atoms with Crippen LogP contribution in [0, 0.1) is 0 Å². The molecule has 0 fully saturated rings. The summed E-state index contributed by atoms with van der Waals surface area (Å²) in [7, 11) is -2.46. The summed E-state index contributed by atoms with van der Waals surface area (Å²) in [5.41, 5.74) is 0. The normalized spacial score (nSPS) is 12.4. The number of benzene rings is 1. The summed E-state index contributed by atoms with van der Waals surface area (Å²) in [6.45, 7) is 1.40. The highest BCUT2D eigenvalue weighted by molar-refractivity contribution is 7.89. The number of nitrogens with zero attached hydrogens (tertiary/aromatic N) is 1. The molecule has 0 bridgehead atoms. The van der Waals surface area contributed by atoms with Gasteiger partial charge in [0.15, 0.2) is 0 Å². The van der Waals surface area contributed by atoms with E-state index in [1.54, 1.807) is 30.3 Å². The number of sulfonamides is 1. The van der Waals surface area contributed by atoms with E-state index in [2.05, 4.69) is 9.71 Å². The Balaban J connectivity index is 2.05. The average molecular weight is 336 g/mol. The Hall–Kier alpha value is -2.45. The first-order valence-electron chi connectivity index (χ1n) is 6.71. The van der Waals surface area contributed by atoms with Gasteiger partial charge in [0.25, 0.3) is 0 Å². The lowest BCUT2D eigenvalue weighted by Gasteiger charge is -2.13. The SMILES string of the molecule is COc1ccc(S(=O)(=O)N[C@@H](C)C(=O)Oc2ccccc2)cn1. The summed E-state index contributed by atoms with van der Waals surface area (Å²) in [5, 5.41) is 0. The lowest BCUT2D eigenvalue weighted by molar-refractivity contribution is -0.135. The molecule has 1 N–H and O–H groups in total. The Morgan fingerprint density at radius 3 is 2.43 bits per heavy atom. The van der Waals surface area contributed by atoms with Crippen LogP contribution in [0.1, 0.15) is 6.92 Å². The number of nitrogens with one attached hydrogen (secondary N) is 1. The van der Waals surface area contributed by atoms with Gasteiger partial charge in [0, 0.05) is 6.07 Å². The summed E-state index contributed by atoms with van der Waals surface area (Å²) in [6, 6.07) is 10.1. The third kappa shape index (κ3) is 4.51. The molecule has 1 atom stereocenters. The number of hydrogen-bond donors (Lipinski definition) is 1. The van der Waals surface area contributed by atoms with Crippen molar-refractivity contribution in [3.05, 3.63) is 48.7 Å². The molecule has 0 aliphatic carbocycles. The van der Waals surface area contributed by atoms with Crippen LogP contribution >= 0.6 is 0 Å². The molecule has 23 heavy (non-hydrogen) atoms. The minimum Gasteiger partial charge on any atom is -0.481 e. The van der Waals surface area contributed by atoms with Gasteiger partial charge in [-0.2, -0.15) is 4.72 Å². The number of carbonyl (C=O) groups is 1. The van der Waals surface area contributed by atoms with Crippen molar-refractivity contribution in [3.63, 3.8) is 0 Å². The number of ether oxygens (including phenoxy) is 2. The van der Waals surface area contributed by atoms with E-state index >= 15 is 0 Å². The van der Waals surface area contributed by atoms with Crippen LogP contribution in [0.2, 0.25) is 0 Å². The predicted molar refractivity (Wildman–Crippen MR) is 82.6 cm³/mol. The number of para-hydroxylation sites is 1. The van der Waals surface area contributed by atoms with Crippen molar-refractivity contribution in [2.75, 3.05) is 7.11 Å². The Bertz CT molecular complexity index is 760. The van der Waals surface area contributed by atoms with E-state index in [1.807, 2.05) is 0 Å². The summed E-state index contributed by atoms with van der Waals surface area (Å²) in [5.74, 6) is -0.0728. The molecule has 0 aliphatic rings. The maximum atomic E-state index is 12.2. The smallest absolute Gasteiger partial charge is 0.329 e. The summed E-state index contributed by atoms with van der Waals surface area (Å²) < 4.78 is 36.6. The minimum atomic E-state index is -3.89. The van der Waals surface area contributed by atoms with Crippen LogP contribution in [0.15, 0.2) is 53.6 Å². The number of methoxy groups -OCH3 is 1. The van der Waals surface area contributed by atoms with Gasteiger partial charge in [0.05, 0.1) is 13.3 Å². The zero-order valence-corrected chi connectivity index (χ0v) is 13.4. The Morgan fingerprint density at radius 2 is 1.87 bits per heavy atom. The highest BCUT2D eigenvalue weighted by atomic mass is 32.2. The van der Waals surface area contributed by atoms with E-state index in [4.69, 9.17) is 9.47 Å². The van der Waals surface area contributed by atoms with Gasteiger partial charge in [-0.1, -0.05) is 18.2 Å². The summed E-state index contributed by atoms with van der Waals surface area (Å²) in [4.78, 5) is 15.7. The molecule has 2 rings (SSSR count). The first kappa shape index (κ1) is 16.9. The van der Waals surface area contributed by atoms with Gasteiger partial charge in [-0.15, -0.1) is 0 Å². The van der Waals surface area contributed by atoms with Crippen molar-refractivity contribution in [2.45, 2.75) is 17.9 Å². The molecular formula is C15H16N2O5S. The van der Waals surface area contributed by atoms with Crippen molar-refractivity contribution in [3.8, 4) is 11.6 Å². The van der Waals surface area contributed by atoms with E-state index in [1.165, 1.54) is 26.2 Å². The number of pyridine rings is 1. The van der Waals surface area contributed by atoms with Crippen LogP contribution in [-0.2, 0) is 14.8 Å². The van der Waals surface area contributed by atoms with Gasteiger partial charge in [-0.05, 0) is 25.1 Å². The highest BCUT2D eigenvalue weighted by Crippen LogP contribution is 2.13. The molecule has 1 aromatic heterocycles. The average Bonchev–Trinajstić information content (AvgIpc) is 2.55. The zero-order chi connectivity index (χ0) is 16.9. The Labute approximate surface area is 134 Å². The van der Waals surface area contributed by atoms with Crippen LogP contribution in [-0.4, -0.2) is 32.5 Å². The monoisotopic (exact) mass is 336 g/mol. The van der Waals surface area contributed by atoms with Gasteiger partial charge in [0.2, 0.25) is 15.9 Å². The second-order valence-corrected chi connectivity index (χ2v) is 6.33. The van der Waals surface area contributed by atoms with E-state index in [0.717, 1.165) is 6.20 Å². The van der Waals surface area contributed by atoms with Crippen LogP contribution in [0.25, 0.3) is 0 Å². The molecule has 7 nitrogen and oxygen atoms in total. The summed E-state index contributed by atoms with van der Waals surface area (Å²) in [6.07, 6.45) is 1.15. The van der Waals surface area contributed by atoms with Gasteiger partial charge >= 0.3 is 5.97 Å². The Kier molecular flexibility index (Phi) is 5.30. The first-order chi connectivity index (χ1) is 10.9. The van der Waals surface area contributed by atoms with E-state index in [0.29, 0.717) is 11.6 Å². The third-order valence-electron chi connectivity index (χ3n) is 2.88. The zero-order valence-electron chi connectivity index (χ0n) is 12.6. The van der Waals surface area contributed by atoms with Gasteiger partial charge < -0.3 is 9.47 Å². The fourth-order valence-corrected chi connectivity index (χ4v) is 2.82. The maximum absolute atomic E-state index is 12.2. The molecule has 1 aromatic carbocycles. The molecular weight excluding hydrogens is 320 g/mol. The lowest BCUT2D eigenvalue weighted by Crippen LogP contribution is -2.40. The number of rotatable bonds is 6. The largest absolute Gasteiger partial charge is 0.481 e. The first-order valence-corrected chi connectivity index (χ1v) is 8.20. The quantitative estimate of drug-likeness (QED) is 0.632. The van der Waals surface area contributed by atoms with Crippen molar-refractivity contribution >= 4 is 16.0 Å². The lowest BCUT2D eigenvalue weighted by atomic mass is 10.3. The molecule has 0 radical (unpaired) electrons. The van der Waals surface area contributed by atoms with Gasteiger partial charge in [-0.25, -0.2) is 18.2 Å². The van der Waals surface area contributed by atoms with Crippen LogP contribution < -0.4 is 14.2 Å². The molecule has 2 aromatic rings. The van der Waals surface area contributed by atoms with Crippen molar-refractivity contribution < 1.29 is 22.7 Å². The van der Waals surface area contributed by atoms with Crippen LogP contribution in [0.5, 0.6) is 11.6 Å². The van der Waals surface area contributed by atoms with Crippen molar-refractivity contribution in [2.24, 2.45) is 0 Å². The molecule has 122 valence electrons. The van der Waals surface area contributed by atoms with E-state index in [9.17, 15) is 13.2 Å². The molecule has 0 spiro atoms. The molecule has 0 aliphatic heterocycles. The molecule has 0 saturated carbocycles. The Morgan fingerprint density at radius 1 is 1.17 bits per heavy atom. The number of carbonyl (C=O) groups excluding carboxylic acids is 1. The molecule has 8 heteroatoms. The van der Waals surface area contributed by atoms with Gasteiger partial charge in [0.1, 0.15) is 16.7 Å². The number of esters is 1. The van der Waals surface area contributed by atoms with Crippen molar-refractivity contribution in [1.82, 2.24) is 9.71 Å². The fourth-order valence-electron chi connectivity index (χ4n) is 1.69. The number of hydrogen-bond acceptors (Lipinski definition) is 6. The second-order valence-electron chi connectivity index (χ2n) is 4.61. The molecule has 0 saturated heterocycles. The standard InChI is InChI=1S/C15H16N2O5S/c1-11(15(18)22-12-6-4-3-5-7-12)17-23(19,20)13-8-9-14(21-2)16-10-13/h3-11,17H,1-2H3/t11-/m0/s1. The number of aromatic nitrogens is 1. The summed E-state index contributed by atoms with van der Waals surface area (Å²) >= 11 is 0. The van der Waals surface area contributed by atoms with Crippen LogP contribution in [0.3, 0.4) is 0 Å². The highest BCUT2D eigenvalue weighted by Gasteiger charge is 2.23. The topological polar surface area (TPSA) is 94.6 Å². The van der Waals surface area contributed by atoms with E-state index < -0.39 is 22.0 Å². The van der Waals surface area contributed by atoms with E-state index in [-0.39, 0.29) is 4.90 Å². The minimum absolute atomic E-state index is 0.0716. The van der Waals surface area contributed by atoms with Crippen molar-refractivity contribution in [1.29, 1.82) is 0 Å². The fraction of sp³-hybridized carbons (Fsp3) is 0.200. The molecule has 1 heterocycles. The molecule has 0 unspecified atom stereocenters. The van der Waals surface area contributed by atoms with Gasteiger partial charge in [-0.3, -0.25) is 0 Å². The maximum Gasteiger partial charge on any atom is 0.329 e. The predicted octanol–water partition coefficient (Wildman–Crippen LogP) is 1.36. The third-order valence-corrected chi connectivity index (χ3v) is 4.40. The molecule has 0 amide bonds. The van der Waals surface area contributed by atoms with Crippen LogP contribution in [0.4, 0.5) is 0 Å².